The quantitative estimate of drug-likeness (QED) is 0.689. The van der Waals surface area contributed by atoms with E-state index in [2.05, 4.69) is 25.0 Å². The van der Waals surface area contributed by atoms with Crippen LogP contribution in [0.25, 0.3) is 0 Å². The van der Waals surface area contributed by atoms with E-state index in [-0.39, 0.29) is 0 Å². The van der Waals surface area contributed by atoms with E-state index in [1.165, 1.54) is 12.8 Å². The highest BCUT2D eigenvalue weighted by Gasteiger charge is 2.00. The maximum atomic E-state index is 8.79. The number of rotatable bonds is 4. The van der Waals surface area contributed by atoms with Crippen molar-refractivity contribution in [3.05, 3.63) is 0 Å². The second-order valence-corrected chi connectivity index (χ2v) is 4.51. The predicted octanol–water partition coefficient (Wildman–Crippen LogP) is 1.98. The zero-order chi connectivity index (χ0) is 7.28. The van der Waals surface area contributed by atoms with Crippen molar-refractivity contribution in [2.24, 2.45) is 5.92 Å². The molecular formula is C6H14OS2. The van der Waals surface area contributed by atoms with Crippen molar-refractivity contribution in [1.82, 2.24) is 0 Å². The fourth-order valence-corrected chi connectivity index (χ4v) is 2.17. The molecule has 0 aromatic heterocycles. The maximum absolute atomic E-state index is 8.79. The number of hydrogen-bond donors (Lipinski definition) is 1. The van der Waals surface area contributed by atoms with Crippen LogP contribution in [0.2, 0.25) is 0 Å². The van der Waals surface area contributed by atoms with Gasteiger partial charge in [0.25, 0.3) is 0 Å². The van der Waals surface area contributed by atoms with Crippen LogP contribution in [0.1, 0.15) is 26.7 Å². The molecule has 0 radical (unpaired) electrons. The fourth-order valence-electron chi connectivity index (χ4n) is 0.820. The van der Waals surface area contributed by atoms with Crippen molar-refractivity contribution in [3.63, 3.8) is 0 Å². The highest BCUT2D eigenvalue weighted by atomic mass is 32.8. The molecule has 0 rings (SSSR count). The van der Waals surface area contributed by atoms with Crippen LogP contribution in [-0.4, -0.2) is 10.3 Å². The van der Waals surface area contributed by atoms with Crippen molar-refractivity contribution in [1.29, 1.82) is 0 Å². The Labute approximate surface area is 64.3 Å². The lowest BCUT2D eigenvalue weighted by molar-refractivity contribution is 0.566. The summed E-state index contributed by atoms with van der Waals surface area (Å²) in [5.74, 6) is 1.39. The van der Waals surface area contributed by atoms with Crippen LogP contribution in [0, 0.1) is 5.92 Å². The zero-order valence-corrected chi connectivity index (χ0v) is 7.60. The normalized spacial score (nSPS) is 17.2. The molecule has 2 unspecified atom stereocenters. The summed E-state index contributed by atoms with van der Waals surface area (Å²) in [6, 6.07) is 0. The molecule has 0 aliphatic carbocycles. The zero-order valence-electron chi connectivity index (χ0n) is 5.96. The first-order chi connectivity index (χ1) is 4.16. The van der Waals surface area contributed by atoms with Crippen molar-refractivity contribution in [2.45, 2.75) is 26.7 Å². The SMILES string of the molecule is CCCC(C)CS(O)=S. The summed E-state index contributed by atoms with van der Waals surface area (Å²) < 4.78 is 8.79. The third-order valence-corrected chi connectivity index (χ3v) is 2.47. The summed E-state index contributed by atoms with van der Waals surface area (Å²) >= 11 is 4.65. The van der Waals surface area contributed by atoms with Crippen LogP contribution >= 0.6 is 0 Å². The summed E-state index contributed by atoms with van der Waals surface area (Å²) in [6.07, 6.45) is 2.37. The van der Waals surface area contributed by atoms with E-state index in [0.717, 1.165) is 5.75 Å². The molecule has 2 atom stereocenters. The van der Waals surface area contributed by atoms with E-state index in [1.54, 1.807) is 0 Å². The Morgan fingerprint density at radius 2 is 2.22 bits per heavy atom. The average Bonchev–Trinajstić information content (AvgIpc) is 1.63. The van der Waals surface area contributed by atoms with Gasteiger partial charge in [-0.05, 0) is 17.1 Å². The molecule has 0 bridgehead atoms. The van der Waals surface area contributed by atoms with Crippen LogP contribution in [-0.2, 0) is 20.9 Å². The summed E-state index contributed by atoms with van der Waals surface area (Å²) in [4.78, 5) is 0. The molecule has 1 N–H and O–H groups in total. The third-order valence-electron chi connectivity index (χ3n) is 1.21. The molecule has 0 aliphatic heterocycles. The first-order valence-corrected chi connectivity index (χ1v) is 5.51. The molecule has 0 saturated heterocycles. The molecule has 0 aromatic carbocycles. The van der Waals surface area contributed by atoms with E-state index in [1.807, 2.05) is 0 Å². The maximum Gasteiger partial charge on any atom is 0.0249 e. The third kappa shape index (κ3) is 6.41. The fraction of sp³-hybridized carbons (Fsp3) is 1.00. The summed E-state index contributed by atoms with van der Waals surface area (Å²) in [7, 11) is -0.764. The van der Waals surface area contributed by atoms with Gasteiger partial charge in [0, 0.05) is 15.5 Å². The molecule has 1 nitrogen and oxygen atoms in total. The Morgan fingerprint density at radius 3 is 2.56 bits per heavy atom. The summed E-state index contributed by atoms with van der Waals surface area (Å²) in [5, 5.41) is 0. The highest BCUT2D eigenvalue weighted by Crippen LogP contribution is 2.05. The molecule has 0 amide bonds. The molecule has 56 valence electrons. The largest absolute Gasteiger partial charge is 0.327 e. The van der Waals surface area contributed by atoms with Gasteiger partial charge in [-0.3, -0.25) is 0 Å². The van der Waals surface area contributed by atoms with Crippen molar-refractivity contribution >= 4 is 20.9 Å². The van der Waals surface area contributed by atoms with E-state index in [4.69, 9.17) is 4.55 Å². The summed E-state index contributed by atoms with van der Waals surface area (Å²) in [5.41, 5.74) is 0. The second-order valence-electron chi connectivity index (χ2n) is 2.38. The molecule has 9 heavy (non-hydrogen) atoms. The van der Waals surface area contributed by atoms with Crippen LogP contribution in [0.4, 0.5) is 0 Å². The molecule has 0 spiro atoms. The van der Waals surface area contributed by atoms with Gasteiger partial charge in [0.1, 0.15) is 0 Å². The smallest absolute Gasteiger partial charge is 0.0249 e. The summed E-state index contributed by atoms with van der Waals surface area (Å²) in [6.45, 7) is 4.28. The topological polar surface area (TPSA) is 20.2 Å². The van der Waals surface area contributed by atoms with E-state index >= 15 is 0 Å². The Kier molecular flexibility index (Phi) is 5.64. The average molecular weight is 166 g/mol. The van der Waals surface area contributed by atoms with Crippen molar-refractivity contribution in [3.8, 4) is 0 Å². The van der Waals surface area contributed by atoms with Gasteiger partial charge in [-0.15, -0.1) is 0 Å². The van der Waals surface area contributed by atoms with Crippen LogP contribution in [0.3, 0.4) is 0 Å². The van der Waals surface area contributed by atoms with Crippen LogP contribution in [0.5, 0.6) is 0 Å². The standard InChI is InChI=1S/C6H14OS2/c1-3-4-6(2)5-9(7)8/h6H,3-5H2,1-2H3,(H,7,8). The van der Waals surface area contributed by atoms with E-state index in [9.17, 15) is 0 Å². The Balaban J connectivity index is 3.26. The van der Waals surface area contributed by atoms with Gasteiger partial charge in [-0.2, -0.15) is 0 Å². The monoisotopic (exact) mass is 166 g/mol. The highest BCUT2D eigenvalue weighted by molar-refractivity contribution is 8.25. The van der Waals surface area contributed by atoms with Gasteiger partial charge in [-0.25, -0.2) is 0 Å². The lowest BCUT2D eigenvalue weighted by Crippen LogP contribution is -2.05. The van der Waals surface area contributed by atoms with Crippen molar-refractivity contribution in [2.75, 3.05) is 5.75 Å². The minimum Gasteiger partial charge on any atom is -0.327 e. The van der Waals surface area contributed by atoms with E-state index < -0.39 is 9.74 Å². The Bertz CT molecular complexity index is 93.1. The lowest BCUT2D eigenvalue weighted by atomic mass is 10.1. The van der Waals surface area contributed by atoms with Gasteiger partial charge in [0.15, 0.2) is 0 Å². The predicted molar refractivity (Wildman–Crippen MR) is 46.3 cm³/mol. The Hall–Kier alpha value is 0.530. The molecule has 3 heteroatoms. The first-order valence-electron chi connectivity index (χ1n) is 3.24. The minimum atomic E-state index is -0.764. The van der Waals surface area contributed by atoms with E-state index in [0.29, 0.717) is 5.92 Å². The van der Waals surface area contributed by atoms with Gasteiger partial charge in [0.2, 0.25) is 0 Å². The molecule has 0 saturated carbocycles. The Morgan fingerprint density at radius 1 is 1.67 bits per heavy atom. The van der Waals surface area contributed by atoms with Gasteiger partial charge in [-0.1, -0.05) is 26.7 Å². The molecule has 0 heterocycles. The molecular weight excluding hydrogens is 152 g/mol. The lowest BCUT2D eigenvalue weighted by Gasteiger charge is -2.06. The molecule has 0 aromatic rings. The van der Waals surface area contributed by atoms with Crippen molar-refractivity contribution < 1.29 is 4.55 Å². The molecule has 0 aliphatic rings. The number of hydrogen-bond acceptors (Lipinski definition) is 1. The van der Waals surface area contributed by atoms with Gasteiger partial charge >= 0.3 is 0 Å². The van der Waals surface area contributed by atoms with Gasteiger partial charge < -0.3 is 4.55 Å². The van der Waals surface area contributed by atoms with Crippen LogP contribution < -0.4 is 0 Å². The first kappa shape index (κ1) is 9.53. The second kappa shape index (κ2) is 5.33. The minimum absolute atomic E-state index is 0.598. The van der Waals surface area contributed by atoms with Crippen LogP contribution in [0.15, 0.2) is 0 Å². The molecule has 0 fully saturated rings. The van der Waals surface area contributed by atoms with Gasteiger partial charge in [0.05, 0.1) is 0 Å².